The van der Waals surface area contributed by atoms with E-state index in [2.05, 4.69) is 63.6 Å². The molecule has 0 atom stereocenters. The molecule has 1 amide bonds. The SMILES string of the molecule is C=C/C=C(C)\C(=C/C)c1cc(N)c2cnc(NC(=O)C=C3CC(C)(C)SC(C)(C)C3)cc2c1. The zero-order valence-electron chi connectivity index (χ0n) is 20.6. The summed E-state index contributed by atoms with van der Waals surface area (Å²) in [5, 5.41) is 4.75. The van der Waals surface area contributed by atoms with Gasteiger partial charge in [-0.1, -0.05) is 58.1 Å². The largest absolute Gasteiger partial charge is 0.398 e. The first-order chi connectivity index (χ1) is 15.4. The van der Waals surface area contributed by atoms with Gasteiger partial charge in [-0.3, -0.25) is 4.79 Å². The van der Waals surface area contributed by atoms with Gasteiger partial charge in [0.2, 0.25) is 5.91 Å². The second kappa shape index (κ2) is 9.60. The molecule has 1 aliphatic heterocycles. The van der Waals surface area contributed by atoms with Crippen molar-refractivity contribution in [1.29, 1.82) is 0 Å². The molecule has 3 rings (SSSR count). The molecule has 0 aliphatic carbocycles. The van der Waals surface area contributed by atoms with Crippen LogP contribution in [-0.4, -0.2) is 20.4 Å². The molecule has 1 fully saturated rings. The molecule has 4 nitrogen and oxygen atoms in total. The lowest BCUT2D eigenvalue weighted by Crippen LogP contribution is -2.33. The summed E-state index contributed by atoms with van der Waals surface area (Å²) in [5.41, 5.74) is 11.4. The standard InChI is InChI=1S/C28H35N3OS/c1-8-10-18(3)22(9-2)20-12-21-14-25(30-17-23(21)24(29)13-20)31-26(32)11-19-15-27(4,5)33-28(6,7)16-19/h8-14,17H,1,15-16,29H2,2-7H3,(H,30,31,32)/b18-10-,22-9+. The lowest BCUT2D eigenvalue weighted by Gasteiger charge is -2.41. The van der Waals surface area contributed by atoms with Crippen LogP contribution in [-0.2, 0) is 4.79 Å². The van der Waals surface area contributed by atoms with Gasteiger partial charge in [0.05, 0.1) is 0 Å². The Labute approximate surface area is 202 Å². The van der Waals surface area contributed by atoms with Crippen LogP contribution in [0.4, 0.5) is 11.5 Å². The van der Waals surface area contributed by atoms with Crippen LogP contribution < -0.4 is 11.1 Å². The van der Waals surface area contributed by atoms with Crippen molar-refractivity contribution in [3.05, 3.63) is 72.0 Å². The van der Waals surface area contributed by atoms with Crippen molar-refractivity contribution < 1.29 is 4.79 Å². The third-order valence-electron chi connectivity index (χ3n) is 5.71. The van der Waals surface area contributed by atoms with E-state index in [-0.39, 0.29) is 15.4 Å². The average Bonchev–Trinajstić information content (AvgIpc) is 2.65. The Kier molecular flexibility index (Phi) is 7.23. The fourth-order valence-corrected chi connectivity index (χ4v) is 6.84. The predicted molar refractivity (Wildman–Crippen MR) is 145 cm³/mol. The molecule has 174 valence electrons. The molecule has 1 saturated heterocycles. The van der Waals surface area contributed by atoms with E-state index in [0.717, 1.165) is 40.3 Å². The number of nitrogens with one attached hydrogen (secondary N) is 1. The number of anilines is 2. The summed E-state index contributed by atoms with van der Waals surface area (Å²) in [6.07, 6.45) is 11.1. The quantitative estimate of drug-likeness (QED) is 0.278. The second-order valence-electron chi connectivity index (χ2n) is 9.91. The minimum atomic E-state index is -0.140. The number of thioether (sulfide) groups is 1. The Morgan fingerprint density at radius 1 is 1.18 bits per heavy atom. The number of fused-ring (bicyclic) bond motifs is 1. The van der Waals surface area contributed by atoms with Crippen molar-refractivity contribution in [2.75, 3.05) is 11.1 Å². The van der Waals surface area contributed by atoms with Crippen molar-refractivity contribution in [1.82, 2.24) is 4.98 Å². The van der Waals surface area contributed by atoms with Crippen molar-refractivity contribution in [3.8, 4) is 0 Å². The minimum Gasteiger partial charge on any atom is -0.398 e. The van der Waals surface area contributed by atoms with Crippen LogP contribution in [0.25, 0.3) is 16.3 Å². The molecule has 0 unspecified atom stereocenters. The number of nitrogen functional groups attached to an aromatic ring is 1. The summed E-state index contributed by atoms with van der Waals surface area (Å²) in [6.45, 7) is 16.8. The Morgan fingerprint density at radius 3 is 2.45 bits per heavy atom. The molecule has 1 aromatic heterocycles. The Balaban J connectivity index is 1.89. The van der Waals surface area contributed by atoms with Crippen LogP contribution in [0.5, 0.6) is 0 Å². The van der Waals surface area contributed by atoms with Crippen LogP contribution in [0.15, 0.2) is 66.4 Å². The van der Waals surface area contributed by atoms with Gasteiger partial charge in [-0.15, -0.1) is 11.8 Å². The van der Waals surface area contributed by atoms with Gasteiger partial charge in [0.1, 0.15) is 5.82 Å². The number of nitrogens with zero attached hydrogens (tertiary/aromatic N) is 1. The average molecular weight is 462 g/mol. The van der Waals surface area contributed by atoms with E-state index in [1.54, 1.807) is 18.3 Å². The van der Waals surface area contributed by atoms with Gasteiger partial charge in [0.15, 0.2) is 0 Å². The van der Waals surface area contributed by atoms with E-state index < -0.39 is 0 Å². The molecule has 0 saturated carbocycles. The first-order valence-electron chi connectivity index (χ1n) is 11.3. The molecular formula is C28H35N3OS. The monoisotopic (exact) mass is 461 g/mol. The van der Waals surface area contributed by atoms with Crippen LogP contribution in [0.3, 0.4) is 0 Å². The van der Waals surface area contributed by atoms with Crippen LogP contribution in [0.2, 0.25) is 0 Å². The highest BCUT2D eigenvalue weighted by Crippen LogP contribution is 2.49. The fourth-order valence-electron chi connectivity index (χ4n) is 4.82. The highest BCUT2D eigenvalue weighted by Gasteiger charge is 2.36. The number of benzene rings is 1. The number of nitrogens with two attached hydrogens (primary N) is 1. The molecule has 3 N–H and O–H groups in total. The van der Waals surface area contributed by atoms with Gasteiger partial charge in [0.25, 0.3) is 0 Å². The lowest BCUT2D eigenvalue weighted by molar-refractivity contribution is -0.112. The van der Waals surface area contributed by atoms with E-state index in [1.165, 1.54) is 5.57 Å². The number of hydrogen-bond acceptors (Lipinski definition) is 4. The van der Waals surface area contributed by atoms with Crippen LogP contribution >= 0.6 is 11.8 Å². The summed E-state index contributed by atoms with van der Waals surface area (Å²) in [5.74, 6) is 0.378. The smallest absolute Gasteiger partial charge is 0.249 e. The summed E-state index contributed by atoms with van der Waals surface area (Å²) in [6, 6.07) is 5.93. The number of allylic oxidation sites excluding steroid dienone is 6. The zero-order chi connectivity index (χ0) is 24.4. The predicted octanol–water partition coefficient (Wildman–Crippen LogP) is 7.30. The van der Waals surface area contributed by atoms with Gasteiger partial charge in [-0.2, -0.15) is 0 Å². The maximum atomic E-state index is 12.8. The first kappa shape index (κ1) is 24.8. The molecule has 1 aromatic carbocycles. The normalized spacial score (nSPS) is 18.2. The number of rotatable bonds is 5. The fraction of sp³-hybridized carbons (Fsp3) is 0.357. The van der Waals surface area contributed by atoms with E-state index in [1.807, 2.05) is 36.9 Å². The number of amides is 1. The van der Waals surface area contributed by atoms with Gasteiger partial charge in [0, 0.05) is 32.8 Å². The molecule has 0 bridgehead atoms. The van der Waals surface area contributed by atoms with E-state index >= 15 is 0 Å². The summed E-state index contributed by atoms with van der Waals surface area (Å²) in [4.78, 5) is 17.2. The molecule has 2 heterocycles. The maximum Gasteiger partial charge on any atom is 0.249 e. The lowest BCUT2D eigenvalue weighted by atomic mass is 9.92. The Morgan fingerprint density at radius 2 is 1.85 bits per heavy atom. The third kappa shape index (κ3) is 6.17. The van der Waals surface area contributed by atoms with Crippen molar-refractivity contribution in [3.63, 3.8) is 0 Å². The maximum absolute atomic E-state index is 12.8. The van der Waals surface area contributed by atoms with Crippen LogP contribution in [0, 0.1) is 0 Å². The summed E-state index contributed by atoms with van der Waals surface area (Å²) >= 11 is 1.98. The molecule has 0 radical (unpaired) electrons. The van der Waals surface area contributed by atoms with Crippen molar-refractivity contribution >= 4 is 45.5 Å². The highest BCUT2D eigenvalue weighted by molar-refractivity contribution is 8.02. The minimum absolute atomic E-state index is 0.117. The van der Waals surface area contributed by atoms with Crippen LogP contribution in [0.1, 0.15) is 59.9 Å². The van der Waals surface area contributed by atoms with Gasteiger partial charge in [-0.25, -0.2) is 4.98 Å². The first-order valence-corrected chi connectivity index (χ1v) is 12.1. The number of carbonyl (C=O) groups excluding carboxylic acids is 1. The second-order valence-corrected chi connectivity index (χ2v) is 12.3. The molecule has 0 spiro atoms. The molecule has 5 heteroatoms. The number of aromatic nitrogens is 1. The highest BCUT2D eigenvalue weighted by atomic mass is 32.2. The summed E-state index contributed by atoms with van der Waals surface area (Å²) in [7, 11) is 0. The zero-order valence-corrected chi connectivity index (χ0v) is 21.4. The van der Waals surface area contributed by atoms with Gasteiger partial charge >= 0.3 is 0 Å². The van der Waals surface area contributed by atoms with E-state index in [9.17, 15) is 4.79 Å². The van der Waals surface area contributed by atoms with Gasteiger partial charge < -0.3 is 11.1 Å². The van der Waals surface area contributed by atoms with Crippen molar-refractivity contribution in [2.24, 2.45) is 0 Å². The van der Waals surface area contributed by atoms with E-state index in [0.29, 0.717) is 11.5 Å². The third-order valence-corrected chi connectivity index (χ3v) is 7.10. The van der Waals surface area contributed by atoms with Gasteiger partial charge in [-0.05, 0) is 67.0 Å². The number of hydrogen-bond donors (Lipinski definition) is 2. The topological polar surface area (TPSA) is 68.0 Å². The number of carbonyl (C=O) groups is 1. The molecule has 2 aromatic rings. The number of pyridine rings is 1. The summed E-state index contributed by atoms with van der Waals surface area (Å²) < 4.78 is 0.233. The van der Waals surface area contributed by atoms with E-state index in [4.69, 9.17) is 5.73 Å². The Bertz CT molecular complexity index is 1170. The molecule has 1 aliphatic rings. The Hall–Kier alpha value is -2.79. The van der Waals surface area contributed by atoms with Crippen molar-refractivity contribution in [2.45, 2.75) is 63.9 Å². The molecular weight excluding hydrogens is 426 g/mol. The molecule has 33 heavy (non-hydrogen) atoms.